The summed E-state index contributed by atoms with van der Waals surface area (Å²) >= 11 is 0. The van der Waals surface area contributed by atoms with Crippen molar-refractivity contribution in [2.24, 2.45) is 0 Å². The highest BCUT2D eigenvalue weighted by atomic mass is 19.4. The summed E-state index contributed by atoms with van der Waals surface area (Å²) in [6, 6.07) is 0. The van der Waals surface area contributed by atoms with Gasteiger partial charge >= 0.3 is 6.18 Å². The van der Waals surface area contributed by atoms with Crippen LogP contribution in [0.4, 0.5) is 13.2 Å². The standard InChI is InChI=1S/C12H16F3N3O/c1-7(19-2)5-10-17-9-6-16-4-3-8(9)11(18-10)12(13,14)15/h7,16H,3-6H2,1-2H3. The van der Waals surface area contributed by atoms with Crippen LogP contribution in [0.5, 0.6) is 0 Å². The van der Waals surface area contributed by atoms with E-state index >= 15 is 0 Å². The van der Waals surface area contributed by atoms with Crippen molar-refractivity contribution in [1.29, 1.82) is 0 Å². The zero-order chi connectivity index (χ0) is 14.0. The van der Waals surface area contributed by atoms with E-state index in [9.17, 15) is 13.2 Å². The molecule has 0 saturated heterocycles. The fourth-order valence-electron chi connectivity index (χ4n) is 2.08. The molecule has 0 bridgehead atoms. The van der Waals surface area contributed by atoms with Crippen molar-refractivity contribution < 1.29 is 17.9 Å². The summed E-state index contributed by atoms with van der Waals surface area (Å²) in [6.07, 6.45) is -4.07. The first kappa shape index (κ1) is 14.2. The summed E-state index contributed by atoms with van der Waals surface area (Å²) in [5, 5.41) is 3.03. The Bertz CT molecular complexity index is 462. The molecule has 0 saturated carbocycles. The van der Waals surface area contributed by atoms with Gasteiger partial charge in [-0.1, -0.05) is 0 Å². The van der Waals surface area contributed by atoms with Crippen molar-refractivity contribution in [1.82, 2.24) is 15.3 Å². The monoisotopic (exact) mass is 275 g/mol. The molecular formula is C12H16F3N3O. The molecule has 106 valence electrons. The van der Waals surface area contributed by atoms with Crippen LogP contribution in [0.25, 0.3) is 0 Å². The Morgan fingerprint density at radius 2 is 2.11 bits per heavy atom. The van der Waals surface area contributed by atoms with Gasteiger partial charge in [-0.15, -0.1) is 0 Å². The zero-order valence-electron chi connectivity index (χ0n) is 10.8. The van der Waals surface area contributed by atoms with E-state index in [4.69, 9.17) is 4.74 Å². The number of ether oxygens (including phenoxy) is 1. The molecule has 0 fully saturated rings. The highest BCUT2D eigenvalue weighted by molar-refractivity contribution is 5.30. The van der Waals surface area contributed by atoms with Crippen molar-refractivity contribution in [3.05, 3.63) is 22.8 Å². The molecule has 2 heterocycles. The van der Waals surface area contributed by atoms with Crippen molar-refractivity contribution >= 4 is 0 Å². The van der Waals surface area contributed by atoms with E-state index < -0.39 is 11.9 Å². The molecule has 7 heteroatoms. The molecule has 4 nitrogen and oxygen atoms in total. The topological polar surface area (TPSA) is 47.0 Å². The number of nitrogens with one attached hydrogen (secondary N) is 1. The average molecular weight is 275 g/mol. The minimum atomic E-state index is -4.44. The Balaban J connectivity index is 2.42. The van der Waals surface area contributed by atoms with Gasteiger partial charge in [0, 0.05) is 25.6 Å². The van der Waals surface area contributed by atoms with Crippen LogP contribution in [-0.4, -0.2) is 29.7 Å². The number of fused-ring (bicyclic) bond motifs is 1. The molecule has 0 aromatic carbocycles. The lowest BCUT2D eigenvalue weighted by atomic mass is 10.0. The number of nitrogens with zero attached hydrogens (tertiary/aromatic N) is 2. The molecule has 1 unspecified atom stereocenters. The third-order valence-electron chi connectivity index (χ3n) is 3.12. The van der Waals surface area contributed by atoms with Gasteiger partial charge in [-0.2, -0.15) is 13.2 Å². The molecule has 1 aliphatic rings. The Morgan fingerprint density at radius 1 is 1.37 bits per heavy atom. The Hall–Kier alpha value is -1.21. The molecule has 1 N–H and O–H groups in total. The minimum Gasteiger partial charge on any atom is -0.381 e. The molecule has 0 aliphatic carbocycles. The van der Waals surface area contributed by atoms with E-state index in [0.29, 0.717) is 25.2 Å². The maximum absolute atomic E-state index is 13.0. The first-order valence-corrected chi connectivity index (χ1v) is 6.11. The summed E-state index contributed by atoms with van der Waals surface area (Å²) in [5.74, 6) is 0.184. The van der Waals surface area contributed by atoms with Crippen LogP contribution in [-0.2, 0) is 30.3 Å². The lowest BCUT2D eigenvalue weighted by Gasteiger charge is -2.21. The highest BCUT2D eigenvalue weighted by Gasteiger charge is 2.37. The highest BCUT2D eigenvalue weighted by Crippen LogP contribution is 2.32. The van der Waals surface area contributed by atoms with Gasteiger partial charge in [-0.3, -0.25) is 0 Å². The van der Waals surface area contributed by atoms with Crippen LogP contribution in [0.2, 0.25) is 0 Å². The van der Waals surface area contributed by atoms with Gasteiger partial charge in [0.25, 0.3) is 0 Å². The predicted octanol–water partition coefficient (Wildman–Crippen LogP) is 1.72. The maximum atomic E-state index is 13.0. The molecule has 0 spiro atoms. The second kappa shape index (κ2) is 5.42. The number of hydrogen-bond acceptors (Lipinski definition) is 4. The van der Waals surface area contributed by atoms with Crippen LogP contribution in [0.3, 0.4) is 0 Å². The van der Waals surface area contributed by atoms with Crippen molar-refractivity contribution in [2.75, 3.05) is 13.7 Å². The number of rotatable bonds is 3. The van der Waals surface area contributed by atoms with E-state index in [1.807, 2.05) is 0 Å². The minimum absolute atomic E-state index is 0.184. The first-order chi connectivity index (χ1) is 8.91. The molecule has 0 radical (unpaired) electrons. The quantitative estimate of drug-likeness (QED) is 0.912. The van der Waals surface area contributed by atoms with E-state index in [-0.39, 0.29) is 23.9 Å². The number of methoxy groups -OCH3 is 1. The average Bonchev–Trinajstić information content (AvgIpc) is 2.36. The lowest BCUT2D eigenvalue weighted by molar-refractivity contribution is -0.142. The van der Waals surface area contributed by atoms with E-state index in [2.05, 4.69) is 15.3 Å². The molecule has 0 amide bonds. The summed E-state index contributed by atoms with van der Waals surface area (Å²) in [7, 11) is 1.51. The third kappa shape index (κ3) is 3.22. The van der Waals surface area contributed by atoms with Gasteiger partial charge in [-0.05, 0) is 19.9 Å². The van der Waals surface area contributed by atoms with Crippen LogP contribution in [0.1, 0.15) is 29.7 Å². The van der Waals surface area contributed by atoms with Crippen molar-refractivity contribution in [3.63, 3.8) is 0 Å². The Kier molecular flexibility index (Phi) is 4.05. The van der Waals surface area contributed by atoms with Gasteiger partial charge in [0.15, 0.2) is 5.69 Å². The Morgan fingerprint density at radius 3 is 2.74 bits per heavy atom. The largest absolute Gasteiger partial charge is 0.433 e. The molecule has 1 aromatic heterocycles. The van der Waals surface area contributed by atoms with Crippen LogP contribution in [0, 0.1) is 0 Å². The van der Waals surface area contributed by atoms with Gasteiger partial charge in [0.1, 0.15) is 5.82 Å². The zero-order valence-corrected chi connectivity index (χ0v) is 10.8. The van der Waals surface area contributed by atoms with Gasteiger partial charge < -0.3 is 10.1 Å². The number of halogens is 3. The first-order valence-electron chi connectivity index (χ1n) is 6.11. The SMILES string of the molecule is COC(C)Cc1nc2c(c(C(F)(F)F)n1)CCNC2. The van der Waals surface area contributed by atoms with E-state index in [1.165, 1.54) is 7.11 Å². The van der Waals surface area contributed by atoms with Gasteiger partial charge in [0.2, 0.25) is 0 Å². The van der Waals surface area contributed by atoms with E-state index in [1.54, 1.807) is 6.92 Å². The second-order valence-corrected chi connectivity index (χ2v) is 4.59. The molecule has 1 atom stereocenters. The smallest absolute Gasteiger partial charge is 0.381 e. The van der Waals surface area contributed by atoms with Gasteiger partial charge in [0.05, 0.1) is 11.8 Å². The molecular weight excluding hydrogens is 259 g/mol. The summed E-state index contributed by atoms with van der Waals surface area (Å²) in [5.41, 5.74) is -0.121. The Labute approximate surface area is 109 Å². The molecule has 1 aliphatic heterocycles. The van der Waals surface area contributed by atoms with E-state index in [0.717, 1.165) is 0 Å². The summed E-state index contributed by atoms with van der Waals surface area (Å²) < 4.78 is 44.1. The fraction of sp³-hybridized carbons (Fsp3) is 0.667. The third-order valence-corrected chi connectivity index (χ3v) is 3.12. The summed E-state index contributed by atoms with van der Waals surface area (Å²) in [6.45, 7) is 2.65. The number of alkyl halides is 3. The molecule has 2 rings (SSSR count). The lowest BCUT2D eigenvalue weighted by Crippen LogP contribution is -2.29. The van der Waals surface area contributed by atoms with Crippen LogP contribution >= 0.6 is 0 Å². The molecule has 1 aromatic rings. The van der Waals surface area contributed by atoms with Gasteiger partial charge in [-0.25, -0.2) is 9.97 Å². The van der Waals surface area contributed by atoms with Crippen LogP contribution < -0.4 is 5.32 Å². The fourth-order valence-corrected chi connectivity index (χ4v) is 2.08. The van der Waals surface area contributed by atoms with Crippen molar-refractivity contribution in [2.45, 2.75) is 38.6 Å². The molecule has 19 heavy (non-hydrogen) atoms. The second-order valence-electron chi connectivity index (χ2n) is 4.59. The van der Waals surface area contributed by atoms with Crippen molar-refractivity contribution in [3.8, 4) is 0 Å². The number of aromatic nitrogens is 2. The summed E-state index contributed by atoms with van der Waals surface area (Å²) in [4.78, 5) is 7.92. The normalized spacial score (nSPS) is 17.1. The predicted molar refractivity (Wildman–Crippen MR) is 62.6 cm³/mol. The van der Waals surface area contributed by atoms with Crippen LogP contribution in [0.15, 0.2) is 0 Å². The number of hydrogen-bond donors (Lipinski definition) is 1. The maximum Gasteiger partial charge on any atom is 0.433 e.